The zero-order valence-electron chi connectivity index (χ0n) is 12.0. The first-order chi connectivity index (χ1) is 10.1. The number of aryl methyl sites for hydroxylation is 2. The predicted molar refractivity (Wildman–Crippen MR) is 81.3 cm³/mol. The smallest absolute Gasteiger partial charge is 0.408 e. The van der Waals surface area contributed by atoms with Crippen molar-refractivity contribution in [2.75, 3.05) is 0 Å². The quantitative estimate of drug-likeness (QED) is 0.804. The van der Waals surface area contributed by atoms with Crippen molar-refractivity contribution < 1.29 is 9.52 Å². The van der Waals surface area contributed by atoms with Gasteiger partial charge < -0.3 is 9.52 Å². The summed E-state index contributed by atoms with van der Waals surface area (Å²) in [5.41, 5.74) is 3.93. The summed E-state index contributed by atoms with van der Waals surface area (Å²) in [4.78, 5) is 11.5. The largest absolute Gasteiger partial charge is 0.419 e. The lowest BCUT2D eigenvalue weighted by Crippen LogP contribution is -2.08. The molecule has 108 valence electrons. The molecule has 0 amide bonds. The Balaban J connectivity index is 2.09. The monoisotopic (exact) mass is 283 g/mol. The number of hydrogen-bond donors (Lipinski definition) is 1. The van der Waals surface area contributed by atoms with Gasteiger partial charge in [0.25, 0.3) is 0 Å². The van der Waals surface area contributed by atoms with Crippen molar-refractivity contribution in [3.63, 3.8) is 0 Å². The van der Waals surface area contributed by atoms with E-state index in [9.17, 15) is 9.90 Å². The minimum absolute atomic E-state index is 0.398. The highest BCUT2D eigenvalue weighted by molar-refractivity contribution is 5.74. The van der Waals surface area contributed by atoms with E-state index < -0.39 is 11.9 Å². The van der Waals surface area contributed by atoms with Gasteiger partial charge in [0, 0.05) is 7.05 Å². The Bertz CT molecular complexity index is 845. The number of benzene rings is 2. The van der Waals surface area contributed by atoms with E-state index in [1.807, 2.05) is 30.3 Å². The maximum atomic E-state index is 11.5. The Morgan fingerprint density at radius 2 is 2.00 bits per heavy atom. The molecule has 0 saturated heterocycles. The predicted octanol–water partition coefficient (Wildman–Crippen LogP) is 2.78. The Kier molecular flexibility index (Phi) is 3.39. The maximum Gasteiger partial charge on any atom is 0.419 e. The normalized spacial score (nSPS) is 12.7. The van der Waals surface area contributed by atoms with Gasteiger partial charge in [-0.2, -0.15) is 0 Å². The molecule has 4 heteroatoms. The van der Waals surface area contributed by atoms with E-state index in [2.05, 4.69) is 6.92 Å². The molecule has 1 heterocycles. The van der Waals surface area contributed by atoms with E-state index >= 15 is 0 Å². The molecule has 1 unspecified atom stereocenters. The molecule has 0 spiro atoms. The number of rotatable bonds is 3. The van der Waals surface area contributed by atoms with E-state index in [4.69, 9.17) is 4.42 Å². The number of nitrogens with zero attached hydrogens (tertiary/aromatic N) is 1. The van der Waals surface area contributed by atoms with Crippen molar-refractivity contribution in [3.8, 4) is 0 Å². The zero-order valence-corrected chi connectivity index (χ0v) is 12.0. The summed E-state index contributed by atoms with van der Waals surface area (Å²) in [6.45, 7) is 2.06. The molecular weight excluding hydrogens is 266 g/mol. The lowest BCUT2D eigenvalue weighted by Gasteiger charge is -2.15. The van der Waals surface area contributed by atoms with Gasteiger partial charge in [0.1, 0.15) is 6.10 Å². The van der Waals surface area contributed by atoms with Crippen molar-refractivity contribution in [1.82, 2.24) is 4.57 Å². The minimum Gasteiger partial charge on any atom is -0.408 e. The fourth-order valence-electron chi connectivity index (χ4n) is 2.62. The minimum atomic E-state index is -0.726. The molecule has 0 aliphatic rings. The third kappa shape index (κ3) is 2.28. The van der Waals surface area contributed by atoms with Crippen molar-refractivity contribution in [1.29, 1.82) is 0 Å². The molecular formula is C17H17NO3. The summed E-state index contributed by atoms with van der Waals surface area (Å²) in [5.74, 6) is -0.398. The summed E-state index contributed by atoms with van der Waals surface area (Å²) >= 11 is 0. The molecule has 3 aromatic rings. The van der Waals surface area contributed by atoms with Gasteiger partial charge in [0.05, 0.1) is 5.52 Å². The van der Waals surface area contributed by atoms with Crippen molar-refractivity contribution in [2.45, 2.75) is 19.4 Å². The average Bonchev–Trinajstić information content (AvgIpc) is 2.80. The van der Waals surface area contributed by atoms with Gasteiger partial charge in [-0.05, 0) is 35.2 Å². The van der Waals surface area contributed by atoms with E-state index in [1.54, 1.807) is 19.2 Å². The number of aliphatic hydroxyl groups excluding tert-OH is 1. The molecule has 4 nitrogen and oxygen atoms in total. The summed E-state index contributed by atoms with van der Waals surface area (Å²) in [6.07, 6.45) is 0.131. The van der Waals surface area contributed by atoms with Crippen LogP contribution >= 0.6 is 0 Å². The highest BCUT2D eigenvalue weighted by Gasteiger charge is 2.15. The van der Waals surface area contributed by atoms with Crippen molar-refractivity contribution >= 4 is 11.1 Å². The van der Waals surface area contributed by atoms with E-state index in [0.29, 0.717) is 5.58 Å². The third-order valence-electron chi connectivity index (χ3n) is 3.86. The van der Waals surface area contributed by atoms with Crippen LogP contribution in [0, 0.1) is 0 Å². The van der Waals surface area contributed by atoms with Gasteiger partial charge in [0.2, 0.25) is 0 Å². The molecule has 0 bridgehead atoms. The maximum absolute atomic E-state index is 11.5. The Labute approximate surface area is 122 Å². The van der Waals surface area contributed by atoms with Crippen LogP contribution < -0.4 is 5.76 Å². The van der Waals surface area contributed by atoms with Gasteiger partial charge in [-0.15, -0.1) is 0 Å². The Morgan fingerprint density at radius 1 is 1.24 bits per heavy atom. The van der Waals surface area contributed by atoms with Crippen LogP contribution in [0.25, 0.3) is 11.1 Å². The number of aromatic nitrogens is 1. The summed E-state index contributed by atoms with van der Waals surface area (Å²) in [5, 5.41) is 10.6. The zero-order chi connectivity index (χ0) is 15.0. The highest BCUT2D eigenvalue weighted by Crippen LogP contribution is 2.27. The van der Waals surface area contributed by atoms with Gasteiger partial charge in [0.15, 0.2) is 5.58 Å². The number of oxazole rings is 1. The highest BCUT2D eigenvalue weighted by atomic mass is 16.4. The SMILES string of the molecule is CCc1ccccc1C(O)c1ccc2c(c1)oc(=O)n2C. The fourth-order valence-corrected chi connectivity index (χ4v) is 2.62. The second kappa shape index (κ2) is 5.22. The van der Waals surface area contributed by atoms with E-state index in [1.165, 1.54) is 4.57 Å². The second-order valence-corrected chi connectivity index (χ2v) is 5.11. The lowest BCUT2D eigenvalue weighted by molar-refractivity contribution is 0.219. The second-order valence-electron chi connectivity index (χ2n) is 5.11. The van der Waals surface area contributed by atoms with Crippen LogP contribution in [-0.2, 0) is 13.5 Å². The molecule has 21 heavy (non-hydrogen) atoms. The molecule has 0 aliphatic carbocycles. The van der Waals surface area contributed by atoms with Crippen LogP contribution in [0.4, 0.5) is 0 Å². The molecule has 0 saturated carbocycles. The summed E-state index contributed by atoms with van der Waals surface area (Å²) in [7, 11) is 1.66. The van der Waals surface area contributed by atoms with Gasteiger partial charge in [-0.3, -0.25) is 4.57 Å². The summed E-state index contributed by atoms with van der Waals surface area (Å²) in [6, 6.07) is 13.2. The molecule has 1 aromatic heterocycles. The Hall–Kier alpha value is -2.33. The standard InChI is InChI=1S/C17H17NO3/c1-3-11-6-4-5-7-13(11)16(19)12-8-9-14-15(10-12)21-17(20)18(14)2/h4-10,16,19H,3H2,1-2H3. The molecule has 0 fully saturated rings. The van der Waals surface area contributed by atoms with Crippen molar-refractivity contribution in [2.24, 2.45) is 7.05 Å². The van der Waals surface area contributed by atoms with Gasteiger partial charge in [-0.25, -0.2) is 4.79 Å². The number of fused-ring (bicyclic) bond motifs is 1. The van der Waals surface area contributed by atoms with Crippen LogP contribution in [0.2, 0.25) is 0 Å². The molecule has 0 radical (unpaired) electrons. The van der Waals surface area contributed by atoms with Crippen LogP contribution in [0.3, 0.4) is 0 Å². The van der Waals surface area contributed by atoms with E-state index in [0.717, 1.165) is 28.6 Å². The van der Waals surface area contributed by atoms with Gasteiger partial charge >= 0.3 is 5.76 Å². The molecule has 0 aliphatic heterocycles. The van der Waals surface area contributed by atoms with Crippen LogP contribution in [-0.4, -0.2) is 9.67 Å². The van der Waals surface area contributed by atoms with Crippen molar-refractivity contribution in [3.05, 3.63) is 69.7 Å². The van der Waals surface area contributed by atoms with Crippen LogP contribution in [0.1, 0.15) is 29.7 Å². The molecule has 1 N–H and O–H groups in total. The molecule has 1 atom stereocenters. The number of hydrogen-bond acceptors (Lipinski definition) is 3. The Morgan fingerprint density at radius 3 is 2.76 bits per heavy atom. The van der Waals surface area contributed by atoms with Crippen LogP contribution in [0.15, 0.2) is 51.7 Å². The summed E-state index contributed by atoms with van der Waals surface area (Å²) < 4.78 is 6.63. The first kappa shape index (κ1) is 13.6. The topological polar surface area (TPSA) is 55.4 Å². The first-order valence-electron chi connectivity index (χ1n) is 6.97. The average molecular weight is 283 g/mol. The van der Waals surface area contributed by atoms with E-state index in [-0.39, 0.29) is 0 Å². The van der Waals surface area contributed by atoms with Gasteiger partial charge in [-0.1, -0.05) is 37.3 Å². The number of aliphatic hydroxyl groups is 1. The van der Waals surface area contributed by atoms with Crippen LogP contribution in [0.5, 0.6) is 0 Å². The third-order valence-corrected chi connectivity index (χ3v) is 3.86. The molecule has 3 rings (SSSR count). The molecule has 2 aromatic carbocycles. The first-order valence-corrected chi connectivity index (χ1v) is 6.97. The lowest BCUT2D eigenvalue weighted by atomic mass is 9.95. The fraction of sp³-hybridized carbons (Fsp3) is 0.235.